The fraction of sp³-hybridized carbons (Fsp3) is 0.294. The smallest absolute Gasteiger partial charge is 0.251 e. The molecule has 0 saturated carbocycles. The molecule has 1 amide bonds. The average Bonchev–Trinajstić information content (AvgIpc) is 2.56. The summed E-state index contributed by atoms with van der Waals surface area (Å²) in [6, 6.07) is 13.4. The molecule has 0 fully saturated rings. The van der Waals surface area contributed by atoms with Crippen LogP contribution in [0.4, 0.5) is 0 Å². The van der Waals surface area contributed by atoms with Gasteiger partial charge in [-0.3, -0.25) is 4.79 Å². The molecule has 116 valence electrons. The number of pyridine rings is 1. The maximum atomic E-state index is 12.0. The van der Waals surface area contributed by atoms with E-state index in [9.17, 15) is 4.79 Å². The molecule has 0 radical (unpaired) electrons. The van der Waals surface area contributed by atoms with Crippen LogP contribution in [-0.4, -0.2) is 30.5 Å². The van der Waals surface area contributed by atoms with Crippen molar-refractivity contribution < 1.29 is 4.79 Å². The van der Waals surface area contributed by atoms with Gasteiger partial charge in [-0.1, -0.05) is 24.8 Å². The van der Waals surface area contributed by atoms with Gasteiger partial charge in [-0.05, 0) is 49.4 Å². The molecule has 0 bridgehead atoms. The number of carbonyl (C=O) groups excluding carboxylic acids is 1. The molecule has 0 aliphatic carbocycles. The van der Waals surface area contributed by atoms with Crippen LogP contribution in [0.25, 0.3) is 0 Å². The number of hydrogen-bond donors (Lipinski definition) is 2. The second-order valence-electron chi connectivity index (χ2n) is 4.80. The van der Waals surface area contributed by atoms with Gasteiger partial charge < -0.3 is 10.6 Å². The van der Waals surface area contributed by atoms with E-state index < -0.39 is 0 Å². The number of rotatable bonds is 8. The summed E-state index contributed by atoms with van der Waals surface area (Å²) in [5.74, 6) is -0.0346. The van der Waals surface area contributed by atoms with Crippen LogP contribution < -0.4 is 10.6 Å². The van der Waals surface area contributed by atoms with E-state index in [0.717, 1.165) is 29.4 Å². The summed E-state index contributed by atoms with van der Waals surface area (Å²) in [5, 5.41) is 7.11. The lowest BCUT2D eigenvalue weighted by molar-refractivity contribution is 0.0954. The molecule has 0 aliphatic heterocycles. The molecule has 0 aliphatic rings. The fourth-order valence-corrected chi connectivity index (χ4v) is 2.64. The van der Waals surface area contributed by atoms with Crippen molar-refractivity contribution in [1.29, 1.82) is 0 Å². The monoisotopic (exact) mass is 315 g/mol. The van der Waals surface area contributed by atoms with E-state index in [1.807, 2.05) is 42.5 Å². The Morgan fingerprint density at radius 2 is 1.91 bits per heavy atom. The van der Waals surface area contributed by atoms with Gasteiger partial charge in [-0.25, -0.2) is 4.98 Å². The zero-order valence-corrected chi connectivity index (χ0v) is 13.5. The van der Waals surface area contributed by atoms with E-state index in [0.29, 0.717) is 12.1 Å². The number of hydrogen-bond acceptors (Lipinski definition) is 4. The van der Waals surface area contributed by atoms with Crippen molar-refractivity contribution in [1.82, 2.24) is 15.6 Å². The number of aromatic nitrogens is 1. The van der Waals surface area contributed by atoms with Crippen molar-refractivity contribution in [2.45, 2.75) is 23.3 Å². The van der Waals surface area contributed by atoms with E-state index in [-0.39, 0.29) is 5.91 Å². The molecule has 2 aromatic rings. The van der Waals surface area contributed by atoms with Crippen molar-refractivity contribution in [2.75, 3.05) is 19.6 Å². The number of carbonyl (C=O) groups is 1. The Hall–Kier alpha value is -1.85. The minimum absolute atomic E-state index is 0.0346. The van der Waals surface area contributed by atoms with Crippen molar-refractivity contribution in [2.24, 2.45) is 0 Å². The van der Waals surface area contributed by atoms with Crippen LogP contribution in [0.3, 0.4) is 0 Å². The summed E-state index contributed by atoms with van der Waals surface area (Å²) >= 11 is 1.58. The summed E-state index contributed by atoms with van der Waals surface area (Å²) in [5.41, 5.74) is 0.681. The van der Waals surface area contributed by atoms with Gasteiger partial charge in [-0.2, -0.15) is 0 Å². The minimum Gasteiger partial charge on any atom is -0.351 e. The Morgan fingerprint density at radius 1 is 1.09 bits per heavy atom. The second-order valence-corrected chi connectivity index (χ2v) is 5.89. The number of nitrogens with one attached hydrogen (secondary N) is 2. The molecule has 0 atom stereocenters. The van der Waals surface area contributed by atoms with E-state index >= 15 is 0 Å². The highest BCUT2D eigenvalue weighted by molar-refractivity contribution is 7.99. The predicted octanol–water partition coefficient (Wildman–Crippen LogP) is 2.96. The van der Waals surface area contributed by atoms with Crippen LogP contribution in [0.1, 0.15) is 23.7 Å². The van der Waals surface area contributed by atoms with Crippen molar-refractivity contribution in [3.8, 4) is 0 Å². The summed E-state index contributed by atoms with van der Waals surface area (Å²) in [4.78, 5) is 17.3. The maximum Gasteiger partial charge on any atom is 0.251 e. The third-order valence-electron chi connectivity index (χ3n) is 2.99. The largest absolute Gasteiger partial charge is 0.351 e. The Morgan fingerprint density at radius 3 is 2.59 bits per heavy atom. The third kappa shape index (κ3) is 5.50. The molecular weight excluding hydrogens is 294 g/mol. The molecule has 0 unspecified atom stereocenters. The Kier molecular flexibility index (Phi) is 6.93. The van der Waals surface area contributed by atoms with Crippen LogP contribution >= 0.6 is 11.8 Å². The summed E-state index contributed by atoms with van der Waals surface area (Å²) < 4.78 is 0. The molecule has 1 heterocycles. The third-order valence-corrected chi connectivity index (χ3v) is 3.95. The second kappa shape index (κ2) is 9.23. The molecule has 0 spiro atoms. The SMILES string of the molecule is CCCNCCNC(=O)c1ccc(Sc2ccccn2)cc1. The number of amides is 1. The molecular formula is C17H21N3OS. The van der Waals surface area contributed by atoms with E-state index in [2.05, 4.69) is 22.5 Å². The molecule has 2 N–H and O–H groups in total. The lowest BCUT2D eigenvalue weighted by Gasteiger charge is -2.07. The zero-order valence-electron chi connectivity index (χ0n) is 12.7. The molecule has 2 rings (SSSR count). The first-order valence-electron chi connectivity index (χ1n) is 7.47. The van der Waals surface area contributed by atoms with Crippen LogP contribution in [0.2, 0.25) is 0 Å². The quantitative estimate of drug-likeness (QED) is 0.735. The minimum atomic E-state index is -0.0346. The standard InChI is InChI=1S/C17H21N3OS/c1-2-10-18-12-13-20-17(21)14-6-8-15(9-7-14)22-16-5-3-4-11-19-16/h3-9,11,18H,2,10,12-13H2,1H3,(H,20,21). The molecule has 1 aromatic carbocycles. The summed E-state index contributed by atoms with van der Waals surface area (Å²) in [6.07, 6.45) is 2.88. The Labute approximate surface area is 135 Å². The first-order valence-corrected chi connectivity index (χ1v) is 8.29. The van der Waals surface area contributed by atoms with Crippen LogP contribution in [0.5, 0.6) is 0 Å². The van der Waals surface area contributed by atoms with Gasteiger partial charge in [0.15, 0.2) is 0 Å². The highest BCUT2D eigenvalue weighted by atomic mass is 32.2. The molecule has 4 nitrogen and oxygen atoms in total. The van der Waals surface area contributed by atoms with Gasteiger partial charge in [0.25, 0.3) is 5.91 Å². The number of nitrogens with zero attached hydrogens (tertiary/aromatic N) is 1. The van der Waals surface area contributed by atoms with Crippen LogP contribution in [0.15, 0.2) is 58.6 Å². The summed E-state index contributed by atoms with van der Waals surface area (Å²) in [7, 11) is 0. The fourth-order valence-electron chi connectivity index (χ4n) is 1.87. The van der Waals surface area contributed by atoms with Crippen LogP contribution in [-0.2, 0) is 0 Å². The molecule has 0 saturated heterocycles. The predicted molar refractivity (Wildman–Crippen MR) is 90.3 cm³/mol. The van der Waals surface area contributed by atoms with Gasteiger partial charge in [-0.15, -0.1) is 0 Å². The van der Waals surface area contributed by atoms with Gasteiger partial charge in [0.05, 0.1) is 0 Å². The van der Waals surface area contributed by atoms with E-state index in [1.165, 1.54) is 0 Å². The Bertz CT molecular complexity index is 572. The molecule has 5 heteroatoms. The van der Waals surface area contributed by atoms with E-state index in [1.54, 1.807) is 18.0 Å². The van der Waals surface area contributed by atoms with Gasteiger partial charge in [0.2, 0.25) is 0 Å². The average molecular weight is 315 g/mol. The highest BCUT2D eigenvalue weighted by Gasteiger charge is 2.05. The van der Waals surface area contributed by atoms with Gasteiger partial charge >= 0.3 is 0 Å². The van der Waals surface area contributed by atoms with Crippen molar-refractivity contribution in [3.63, 3.8) is 0 Å². The summed E-state index contributed by atoms with van der Waals surface area (Å²) in [6.45, 7) is 4.54. The highest BCUT2D eigenvalue weighted by Crippen LogP contribution is 2.25. The molecule has 1 aromatic heterocycles. The topological polar surface area (TPSA) is 54.0 Å². The molecule has 22 heavy (non-hydrogen) atoms. The lowest BCUT2D eigenvalue weighted by atomic mass is 10.2. The number of benzene rings is 1. The van der Waals surface area contributed by atoms with Crippen molar-refractivity contribution in [3.05, 3.63) is 54.2 Å². The normalized spacial score (nSPS) is 10.4. The van der Waals surface area contributed by atoms with Crippen molar-refractivity contribution >= 4 is 17.7 Å². The first-order chi connectivity index (χ1) is 10.8. The maximum absolute atomic E-state index is 12.0. The first kappa shape index (κ1) is 16.5. The van der Waals surface area contributed by atoms with Gasteiger partial charge in [0, 0.05) is 29.7 Å². The van der Waals surface area contributed by atoms with Gasteiger partial charge in [0.1, 0.15) is 5.03 Å². The zero-order chi connectivity index (χ0) is 15.6. The van der Waals surface area contributed by atoms with E-state index in [4.69, 9.17) is 0 Å². The Balaban J connectivity index is 1.82. The van der Waals surface area contributed by atoms with Crippen LogP contribution in [0, 0.1) is 0 Å². The lowest BCUT2D eigenvalue weighted by Crippen LogP contribution is -2.32.